The number of fused-ring (bicyclic) bond motifs is 1. The number of benzene rings is 1. The maximum absolute atomic E-state index is 12.8. The lowest BCUT2D eigenvalue weighted by Crippen LogP contribution is -2.03. The highest BCUT2D eigenvalue weighted by Crippen LogP contribution is 2.22. The van der Waals surface area contributed by atoms with E-state index < -0.39 is 0 Å². The molecular weight excluding hydrogens is 167 g/mol. The predicted octanol–water partition coefficient (Wildman–Crippen LogP) is 2.33. The van der Waals surface area contributed by atoms with Crippen LogP contribution < -0.4 is 5.73 Å². The van der Waals surface area contributed by atoms with Crippen molar-refractivity contribution in [2.75, 3.05) is 0 Å². The second-order valence-corrected chi connectivity index (χ2v) is 3.22. The summed E-state index contributed by atoms with van der Waals surface area (Å²) in [4.78, 5) is 2.99. The lowest BCUT2D eigenvalue weighted by molar-refractivity contribution is 0.629. The Bertz CT molecular complexity index is 431. The summed E-state index contributed by atoms with van der Waals surface area (Å²) in [6, 6.07) is 4.64. The van der Waals surface area contributed by atoms with Gasteiger partial charge in [-0.25, -0.2) is 4.39 Å². The summed E-state index contributed by atoms with van der Waals surface area (Å²) in [6.07, 6.45) is 1.83. The van der Waals surface area contributed by atoms with Gasteiger partial charge in [-0.05, 0) is 30.7 Å². The molecule has 0 amide bonds. The predicted molar refractivity (Wildman–Crippen MR) is 50.9 cm³/mol. The third kappa shape index (κ3) is 1.31. The molecule has 2 nitrogen and oxygen atoms in total. The van der Waals surface area contributed by atoms with Crippen LogP contribution in [0.15, 0.2) is 24.4 Å². The Labute approximate surface area is 75.6 Å². The van der Waals surface area contributed by atoms with E-state index in [4.69, 9.17) is 5.73 Å². The van der Waals surface area contributed by atoms with E-state index in [1.54, 1.807) is 6.07 Å². The quantitative estimate of drug-likeness (QED) is 0.691. The van der Waals surface area contributed by atoms with Gasteiger partial charge in [-0.15, -0.1) is 0 Å². The number of rotatable bonds is 1. The van der Waals surface area contributed by atoms with Crippen molar-refractivity contribution in [2.24, 2.45) is 5.73 Å². The molecule has 0 radical (unpaired) electrons. The third-order valence-corrected chi connectivity index (χ3v) is 2.17. The summed E-state index contributed by atoms with van der Waals surface area (Å²) in [5.74, 6) is -0.231. The second-order valence-electron chi connectivity index (χ2n) is 3.22. The van der Waals surface area contributed by atoms with Gasteiger partial charge in [0, 0.05) is 23.1 Å². The number of aromatic amines is 1. The minimum Gasteiger partial charge on any atom is -0.361 e. The first kappa shape index (κ1) is 8.26. The second kappa shape index (κ2) is 2.85. The molecule has 13 heavy (non-hydrogen) atoms. The van der Waals surface area contributed by atoms with Crippen molar-refractivity contribution < 1.29 is 4.39 Å². The number of nitrogens with one attached hydrogen (secondary N) is 1. The molecule has 3 N–H and O–H groups in total. The monoisotopic (exact) mass is 178 g/mol. The van der Waals surface area contributed by atoms with Crippen molar-refractivity contribution in [3.05, 3.63) is 35.8 Å². The van der Waals surface area contributed by atoms with Gasteiger partial charge in [-0.1, -0.05) is 0 Å². The maximum atomic E-state index is 12.8. The fraction of sp³-hybridized carbons (Fsp3) is 0.200. The highest BCUT2D eigenvalue weighted by atomic mass is 19.1. The molecule has 1 aromatic carbocycles. The van der Waals surface area contributed by atoms with Gasteiger partial charge in [-0.3, -0.25) is 0 Å². The van der Waals surface area contributed by atoms with Gasteiger partial charge in [0.05, 0.1) is 0 Å². The molecule has 1 aromatic heterocycles. The van der Waals surface area contributed by atoms with Crippen molar-refractivity contribution in [1.29, 1.82) is 0 Å². The normalized spacial score (nSPS) is 13.5. The van der Waals surface area contributed by atoms with E-state index in [-0.39, 0.29) is 11.9 Å². The molecule has 0 aliphatic heterocycles. The van der Waals surface area contributed by atoms with Crippen molar-refractivity contribution >= 4 is 10.9 Å². The lowest BCUT2D eigenvalue weighted by Gasteiger charge is -2.01. The highest BCUT2D eigenvalue weighted by Gasteiger charge is 2.07. The zero-order valence-electron chi connectivity index (χ0n) is 7.34. The molecule has 1 atom stereocenters. The largest absolute Gasteiger partial charge is 0.361 e. The van der Waals surface area contributed by atoms with Crippen molar-refractivity contribution in [3.63, 3.8) is 0 Å². The zero-order chi connectivity index (χ0) is 9.42. The first-order valence-corrected chi connectivity index (χ1v) is 4.20. The smallest absolute Gasteiger partial charge is 0.125 e. The molecule has 68 valence electrons. The number of H-pyrrole nitrogens is 1. The maximum Gasteiger partial charge on any atom is 0.125 e. The van der Waals surface area contributed by atoms with Crippen LogP contribution in [0.1, 0.15) is 18.5 Å². The van der Waals surface area contributed by atoms with Crippen LogP contribution in [0.25, 0.3) is 10.9 Å². The number of hydrogen-bond acceptors (Lipinski definition) is 1. The Morgan fingerprint density at radius 3 is 2.92 bits per heavy atom. The van der Waals surface area contributed by atoms with Gasteiger partial charge in [0.15, 0.2) is 0 Å². The summed E-state index contributed by atoms with van der Waals surface area (Å²) in [6.45, 7) is 1.91. The Hall–Kier alpha value is -1.35. The highest BCUT2D eigenvalue weighted by molar-refractivity contribution is 5.83. The van der Waals surface area contributed by atoms with E-state index in [0.717, 1.165) is 16.5 Å². The molecule has 0 fully saturated rings. The van der Waals surface area contributed by atoms with Gasteiger partial charge < -0.3 is 10.7 Å². The first-order valence-electron chi connectivity index (χ1n) is 4.20. The summed E-state index contributed by atoms with van der Waals surface area (Å²) in [5, 5.41) is 0.997. The first-order chi connectivity index (χ1) is 6.18. The van der Waals surface area contributed by atoms with Crippen LogP contribution in [0.4, 0.5) is 4.39 Å². The van der Waals surface area contributed by atoms with E-state index >= 15 is 0 Å². The number of hydrogen-bond donors (Lipinski definition) is 2. The van der Waals surface area contributed by atoms with Gasteiger partial charge in [-0.2, -0.15) is 0 Å². The minimum atomic E-state index is -0.231. The van der Waals surface area contributed by atoms with Crippen molar-refractivity contribution in [2.45, 2.75) is 13.0 Å². The zero-order valence-corrected chi connectivity index (χ0v) is 7.34. The van der Waals surface area contributed by atoms with Gasteiger partial charge in [0.1, 0.15) is 5.82 Å². The van der Waals surface area contributed by atoms with E-state index in [1.165, 1.54) is 12.1 Å². The number of nitrogens with two attached hydrogens (primary N) is 1. The van der Waals surface area contributed by atoms with Crippen LogP contribution in [0.5, 0.6) is 0 Å². The van der Waals surface area contributed by atoms with E-state index in [9.17, 15) is 4.39 Å². The summed E-state index contributed by atoms with van der Waals surface area (Å²) in [5.41, 5.74) is 7.57. The summed E-state index contributed by atoms with van der Waals surface area (Å²) < 4.78 is 12.8. The van der Waals surface area contributed by atoms with Gasteiger partial charge in [0.2, 0.25) is 0 Å². The molecule has 0 aliphatic rings. The van der Waals surface area contributed by atoms with Crippen LogP contribution in [0.2, 0.25) is 0 Å². The fourth-order valence-electron chi connectivity index (χ4n) is 1.50. The molecule has 3 heteroatoms. The van der Waals surface area contributed by atoms with Crippen LogP contribution in [-0.4, -0.2) is 4.98 Å². The Kier molecular flexibility index (Phi) is 1.81. The average Bonchev–Trinajstić information content (AvgIpc) is 2.46. The Morgan fingerprint density at radius 2 is 2.23 bits per heavy atom. The molecule has 2 aromatic rings. The molecule has 0 saturated carbocycles. The summed E-state index contributed by atoms with van der Waals surface area (Å²) >= 11 is 0. The van der Waals surface area contributed by atoms with Crippen molar-refractivity contribution in [3.8, 4) is 0 Å². The molecule has 0 aliphatic carbocycles. The molecule has 1 unspecified atom stereocenters. The van der Waals surface area contributed by atoms with Crippen LogP contribution in [0, 0.1) is 5.82 Å². The number of aromatic nitrogens is 1. The number of halogens is 1. The van der Waals surface area contributed by atoms with E-state index in [0.29, 0.717) is 0 Å². The van der Waals surface area contributed by atoms with Crippen LogP contribution in [0.3, 0.4) is 0 Å². The lowest BCUT2D eigenvalue weighted by atomic mass is 10.1. The SMILES string of the molecule is CC(N)c1c[nH]c2cc(F)ccc12. The van der Waals surface area contributed by atoms with E-state index in [2.05, 4.69) is 4.98 Å². The van der Waals surface area contributed by atoms with Gasteiger partial charge in [0.25, 0.3) is 0 Å². The van der Waals surface area contributed by atoms with Crippen LogP contribution >= 0.6 is 0 Å². The molecule has 0 bridgehead atoms. The fourth-order valence-corrected chi connectivity index (χ4v) is 1.50. The Balaban J connectivity index is 2.69. The average molecular weight is 178 g/mol. The van der Waals surface area contributed by atoms with E-state index in [1.807, 2.05) is 13.1 Å². The molecular formula is C10H11FN2. The molecule has 0 saturated heterocycles. The van der Waals surface area contributed by atoms with Crippen molar-refractivity contribution in [1.82, 2.24) is 4.98 Å². The summed E-state index contributed by atoms with van der Waals surface area (Å²) in [7, 11) is 0. The Morgan fingerprint density at radius 1 is 1.46 bits per heavy atom. The van der Waals surface area contributed by atoms with Crippen LogP contribution in [-0.2, 0) is 0 Å². The van der Waals surface area contributed by atoms with Gasteiger partial charge >= 0.3 is 0 Å². The minimum absolute atomic E-state index is 0.0285. The molecule has 1 heterocycles. The topological polar surface area (TPSA) is 41.8 Å². The standard InChI is InChI=1S/C10H11FN2/c1-6(12)9-5-13-10-4-7(11)2-3-8(9)10/h2-6,13H,12H2,1H3. The molecule has 2 rings (SSSR count). The molecule has 0 spiro atoms. The third-order valence-electron chi connectivity index (χ3n) is 2.17.